The number of alkyl halides is 1. The van der Waals surface area contributed by atoms with Gasteiger partial charge in [-0.15, -0.1) is 0 Å². The predicted molar refractivity (Wildman–Crippen MR) is 20.0 cm³/mol. The molecule has 0 fully saturated rings. The van der Waals surface area contributed by atoms with Gasteiger partial charge in [0, 0.05) is 17.1 Å². The lowest BCUT2D eigenvalue weighted by molar-refractivity contribution is 0.583. The van der Waals surface area contributed by atoms with Gasteiger partial charge in [0.1, 0.15) is 0 Å². The summed E-state index contributed by atoms with van der Waals surface area (Å²) in [6.07, 6.45) is 1.32. The summed E-state index contributed by atoms with van der Waals surface area (Å²) in [4.78, 5) is 0. The largest absolute Gasteiger partial charge is 0.257 e. The van der Waals surface area contributed by atoms with Crippen LogP contribution in [0.25, 0.3) is 0 Å². The van der Waals surface area contributed by atoms with Gasteiger partial charge in [0.05, 0.1) is 0 Å². The summed E-state index contributed by atoms with van der Waals surface area (Å²) in [6.45, 7) is 0. The Morgan fingerprint density at radius 2 is 2.20 bits per heavy atom. The summed E-state index contributed by atoms with van der Waals surface area (Å²) in [6, 6.07) is -0.722. The molecule has 0 rings (SSSR count). The van der Waals surface area contributed by atoms with E-state index in [-0.39, 0.29) is 0 Å². The van der Waals surface area contributed by atoms with Crippen LogP contribution in [0.4, 0.5) is 4.39 Å². The molecule has 0 aliphatic carbocycles. The molecule has 0 radical (unpaired) electrons. The van der Waals surface area contributed by atoms with E-state index in [4.69, 9.17) is 0 Å². The highest BCUT2D eigenvalue weighted by atomic mass is 32.2. The molecule has 3 heteroatoms. The van der Waals surface area contributed by atoms with E-state index in [0.29, 0.717) is 0 Å². The number of rotatable bonds is 1. The van der Waals surface area contributed by atoms with Gasteiger partial charge in [-0.1, -0.05) is 0 Å². The summed E-state index contributed by atoms with van der Waals surface area (Å²) < 4.78 is 20.4. The van der Waals surface area contributed by atoms with Gasteiger partial charge in [-0.05, 0) is 0 Å². The van der Waals surface area contributed by atoms with Crippen molar-refractivity contribution in [1.29, 1.82) is 0 Å². The summed E-state index contributed by atoms with van der Waals surface area (Å²) in [5.41, 5.74) is 0. The summed E-state index contributed by atoms with van der Waals surface area (Å²) in [5, 5.41) is 0. The molecule has 5 heavy (non-hydrogen) atoms. The van der Waals surface area contributed by atoms with Gasteiger partial charge in [0.2, 0.25) is 0 Å². The third kappa shape index (κ3) is 4.08. The van der Waals surface area contributed by atoms with Gasteiger partial charge in [-0.25, -0.2) is 4.39 Å². The van der Waals surface area contributed by atoms with Gasteiger partial charge in [-0.3, -0.25) is 4.21 Å². The average molecular weight is 96.1 g/mol. The van der Waals surface area contributed by atoms with Crippen molar-refractivity contribution < 1.29 is 8.60 Å². The Hall–Kier alpha value is 0.0800. The molecule has 0 aromatic heterocycles. The van der Waals surface area contributed by atoms with Gasteiger partial charge in [-0.2, -0.15) is 0 Å². The van der Waals surface area contributed by atoms with Crippen molar-refractivity contribution in [3.05, 3.63) is 0 Å². The first kappa shape index (κ1) is 5.08. The molecule has 0 saturated heterocycles. The first-order valence-electron chi connectivity index (χ1n) is 1.13. The van der Waals surface area contributed by atoms with Crippen molar-refractivity contribution in [3.63, 3.8) is 0 Å². The minimum absolute atomic E-state index is 0.722. The molecule has 0 heterocycles. The van der Waals surface area contributed by atoms with E-state index >= 15 is 0 Å². The van der Waals surface area contributed by atoms with Crippen LogP contribution in [0.5, 0.6) is 0 Å². The van der Waals surface area contributed by atoms with E-state index in [1.165, 1.54) is 6.26 Å². The first-order chi connectivity index (χ1) is 2.27. The molecule has 0 aliphatic rings. The fourth-order valence-corrected chi connectivity index (χ4v) is 0. The van der Waals surface area contributed by atoms with Crippen molar-refractivity contribution in [1.82, 2.24) is 0 Å². The van der Waals surface area contributed by atoms with E-state index in [1.54, 1.807) is 0 Å². The monoisotopic (exact) mass is 96.0 g/mol. The normalized spacial score (nSPS) is 14.8. The maximum Gasteiger partial charge on any atom is 0.164 e. The molecule has 0 bridgehead atoms. The highest BCUT2D eigenvalue weighted by Crippen LogP contribution is 1.69. The zero-order chi connectivity index (χ0) is 4.28. The van der Waals surface area contributed by atoms with Crippen LogP contribution in [-0.4, -0.2) is 16.5 Å². The Labute approximate surface area is 32.6 Å². The van der Waals surface area contributed by atoms with Crippen LogP contribution in [0, 0.1) is 0 Å². The van der Waals surface area contributed by atoms with Crippen molar-refractivity contribution >= 4 is 10.8 Å². The second-order valence-electron chi connectivity index (χ2n) is 0.682. The minimum Gasteiger partial charge on any atom is -0.257 e. The number of hydrogen-bond donors (Lipinski definition) is 0. The zero-order valence-electron chi connectivity index (χ0n) is 2.90. The molecule has 1 nitrogen and oxygen atoms in total. The van der Waals surface area contributed by atoms with Gasteiger partial charge in [0.15, 0.2) is 6.01 Å². The van der Waals surface area contributed by atoms with Crippen LogP contribution in [0.3, 0.4) is 0 Å². The average Bonchev–Trinajstić information content (AvgIpc) is 1.38. The lowest BCUT2D eigenvalue weighted by Gasteiger charge is -1.71. The van der Waals surface area contributed by atoms with Gasteiger partial charge in [0.25, 0.3) is 0 Å². The predicted octanol–water partition coefficient (Wildman–Crippen LogP) is 0.292. The van der Waals surface area contributed by atoms with Crippen molar-refractivity contribution in [2.24, 2.45) is 0 Å². The third-order valence-corrected chi connectivity index (χ3v) is 0.461. The summed E-state index contributed by atoms with van der Waals surface area (Å²) in [7, 11) is -1.24. The van der Waals surface area contributed by atoms with Crippen LogP contribution in [0.2, 0.25) is 0 Å². The standard InChI is InChI=1S/C2H5FOS/c1-5(4)2-3/h2H2,1H3. The Kier molecular flexibility index (Phi) is 2.36. The number of halogens is 1. The first-order valence-corrected chi connectivity index (χ1v) is 2.86. The molecule has 0 N–H and O–H groups in total. The summed E-state index contributed by atoms with van der Waals surface area (Å²) >= 11 is 0. The zero-order valence-corrected chi connectivity index (χ0v) is 3.72. The molecule has 1 unspecified atom stereocenters. The maximum atomic E-state index is 10.8. The van der Waals surface area contributed by atoms with Gasteiger partial charge < -0.3 is 0 Å². The SMILES string of the molecule is CS(=O)CF. The van der Waals surface area contributed by atoms with E-state index < -0.39 is 16.8 Å². The summed E-state index contributed by atoms with van der Waals surface area (Å²) in [5.74, 6) is 0. The molecule has 0 spiro atoms. The highest BCUT2D eigenvalue weighted by molar-refractivity contribution is 7.84. The molecule has 0 aliphatic heterocycles. The van der Waals surface area contributed by atoms with Crippen molar-refractivity contribution in [2.75, 3.05) is 12.3 Å². The van der Waals surface area contributed by atoms with Crippen molar-refractivity contribution in [3.8, 4) is 0 Å². The molecular weight excluding hydrogens is 91.1 g/mol. The second kappa shape index (κ2) is 2.33. The molecule has 0 aromatic carbocycles. The molecule has 32 valence electrons. The fourth-order valence-electron chi connectivity index (χ4n) is 0. The quantitative estimate of drug-likeness (QED) is 0.458. The Balaban J connectivity index is 2.85. The molecule has 1 atom stereocenters. The Morgan fingerprint density at radius 3 is 2.20 bits per heavy atom. The molecule has 0 saturated carbocycles. The van der Waals surface area contributed by atoms with Crippen LogP contribution >= 0.6 is 0 Å². The number of hydrogen-bond acceptors (Lipinski definition) is 1. The fraction of sp³-hybridized carbons (Fsp3) is 1.00. The molecular formula is C2H5FOS. The van der Waals surface area contributed by atoms with Crippen LogP contribution < -0.4 is 0 Å². The van der Waals surface area contributed by atoms with Crippen LogP contribution in [-0.2, 0) is 10.8 Å². The Bertz CT molecular complexity index is 44.9. The van der Waals surface area contributed by atoms with E-state index in [0.717, 1.165) is 0 Å². The highest BCUT2D eigenvalue weighted by Gasteiger charge is 1.77. The van der Waals surface area contributed by atoms with Crippen molar-refractivity contribution in [2.45, 2.75) is 0 Å². The smallest absolute Gasteiger partial charge is 0.164 e. The van der Waals surface area contributed by atoms with E-state index in [1.807, 2.05) is 0 Å². The Morgan fingerprint density at radius 1 is 2.00 bits per heavy atom. The van der Waals surface area contributed by atoms with Crippen LogP contribution in [0.1, 0.15) is 0 Å². The third-order valence-electron chi connectivity index (χ3n) is 0.154. The van der Waals surface area contributed by atoms with E-state index in [9.17, 15) is 8.60 Å². The second-order valence-corrected chi connectivity index (χ2v) is 2.05. The topological polar surface area (TPSA) is 17.1 Å². The molecule has 0 amide bonds. The van der Waals surface area contributed by atoms with E-state index in [2.05, 4.69) is 0 Å². The lowest BCUT2D eigenvalue weighted by atomic mass is 11.8. The van der Waals surface area contributed by atoms with Gasteiger partial charge >= 0.3 is 0 Å². The minimum atomic E-state index is -1.24. The molecule has 0 aromatic rings. The lowest BCUT2D eigenvalue weighted by Crippen LogP contribution is -1.82. The maximum absolute atomic E-state index is 10.8. The van der Waals surface area contributed by atoms with Crippen LogP contribution in [0.15, 0.2) is 0 Å².